The number of hydrogen-bond donors (Lipinski definition) is 1. The molecule has 0 aliphatic carbocycles. The largest absolute Gasteiger partial charge is 0.497 e. The molecule has 0 bridgehead atoms. The Balaban J connectivity index is 1.81. The van der Waals surface area contributed by atoms with Crippen molar-refractivity contribution in [3.63, 3.8) is 0 Å². The Morgan fingerprint density at radius 1 is 0.837 bits per heavy atom. The predicted octanol–water partition coefficient (Wildman–Crippen LogP) is 4.89. The van der Waals surface area contributed by atoms with Gasteiger partial charge in [0.25, 0.3) is 10.0 Å². The van der Waals surface area contributed by atoms with Gasteiger partial charge in [-0.3, -0.25) is 13.9 Å². The topological polar surface area (TPSA) is 96.0 Å². The summed E-state index contributed by atoms with van der Waals surface area (Å²) in [6.07, 6.45) is 0.241. The van der Waals surface area contributed by atoms with Gasteiger partial charge in [-0.1, -0.05) is 78.4 Å². The number of benzene rings is 4. The van der Waals surface area contributed by atoms with E-state index in [4.69, 9.17) is 4.74 Å². The van der Waals surface area contributed by atoms with E-state index in [0.717, 1.165) is 21.0 Å². The highest BCUT2D eigenvalue weighted by molar-refractivity contribution is 7.92. The van der Waals surface area contributed by atoms with E-state index in [1.165, 1.54) is 24.1 Å². The van der Waals surface area contributed by atoms with Crippen LogP contribution >= 0.6 is 0 Å². The molecule has 0 saturated carbocycles. The van der Waals surface area contributed by atoms with E-state index in [9.17, 15) is 18.0 Å². The van der Waals surface area contributed by atoms with E-state index in [2.05, 4.69) is 5.32 Å². The van der Waals surface area contributed by atoms with Crippen molar-refractivity contribution in [1.82, 2.24) is 10.2 Å². The van der Waals surface area contributed by atoms with Gasteiger partial charge in [-0.25, -0.2) is 8.42 Å². The van der Waals surface area contributed by atoms with Gasteiger partial charge in [-0.2, -0.15) is 0 Å². The Morgan fingerprint density at radius 2 is 1.49 bits per heavy atom. The SMILES string of the molecule is CNC(=O)C(Cc1ccccc1)N(Cc1cccc(OC)c1)C(=O)CN(c1ccc(C)cc1C)S(=O)(=O)c1ccccc1. The fourth-order valence-electron chi connectivity index (χ4n) is 5.01. The summed E-state index contributed by atoms with van der Waals surface area (Å²) < 4.78 is 34.7. The molecule has 1 atom stereocenters. The van der Waals surface area contributed by atoms with Gasteiger partial charge in [0.2, 0.25) is 11.8 Å². The van der Waals surface area contributed by atoms with Gasteiger partial charge in [0.05, 0.1) is 17.7 Å². The maximum Gasteiger partial charge on any atom is 0.264 e. The lowest BCUT2D eigenvalue weighted by Gasteiger charge is -2.34. The first-order chi connectivity index (χ1) is 20.6. The van der Waals surface area contributed by atoms with Gasteiger partial charge < -0.3 is 15.0 Å². The van der Waals surface area contributed by atoms with Gasteiger partial charge >= 0.3 is 0 Å². The molecule has 0 spiro atoms. The Bertz CT molecular complexity index is 1660. The first-order valence-electron chi connectivity index (χ1n) is 14.0. The highest BCUT2D eigenvalue weighted by atomic mass is 32.2. The molecule has 224 valence electrons. The lowest BCUT2D eigenvalue weighted by Crippen LogP contribution is -2.53. The van der Waals surface area contributed by atoms with Crippen LogP contribution in [0.15, 0.2) is 108 Å². The number of carbonyl (C=O) groups is 2. The van der Waals surface area contributed by atoms with Crippen molar-refractivity contribution in [1.29, 1.82) is 0 Å². The number of carbonyl (C=O) groups excluding carboxylic acids is 2. The number of sulfonamides is 1. The van der Waals surface area contributed by atoms with E-state index in [0.29, 0.717) is 17.0 Å². The number of hydrogen-bond acceptors (Lipinski definition) is 5. The van der Waals surface area contributed by atoms with E-state index in [-0.39, 0.29) is 23.8 Å². The van der Waals surface area contributed by atoms with Gasteiger partial charge in [0.1, 0.15) is 18.3 Å². The Labute approximate surface area is 254 Å². The molecule has 8 nitrogen and oxygen atoms in total. The normalized spacial score (nSPS) is 11.8. The predicted molar refractivity (Wildman–Crippen MR) is 168 cm³/mol. The number of aryl methyl sites for hydroxylation is 2. The van der Waals surface area contributed by atoms with Gasteiger partial charge in [0, 0.05) is 20.0 Å². The molecule has 2 amide bonds. The number of methoxy groups -OCH3 is 1. The Morgan fingerprint density at radius 3 is 2.12 bits per heavy atom. The molecule has 0 fully saturated rings. The minimum absolute atomic E-state index is 0.0626. The third kappa shape index (κ3) is 7.61. The van der Waals surface area contributed by atoms with Gasteiger partial charge in [-0.05, 0) is 60.9 Å². The van der Waals surface area contributed by atoms with Crippen LogP contribution in [-0.4, -0.2) is 51.9 Å². The molecule has 1 unspecified atom stereocenters. The zero-order valence-electron chi connectivity index (χ0n) is 24.9. The second-order valence-corrected chi connectivity index (χ2v) is 12.2. The maximum absolute atomic E-state index is 14.4. The average molecular weight is 600 g/mol. The molecule has 4 rings (SSSR count). The number of anilines is 1. The van der Waals surface area contributed by atoms with Crippen molar-refractivity contribution in [2.45, 2.75) is 37.8 Å². The summed E-state index contributed by atoms with van der Waals surface area (Å²) in [6, 6.07) is 29.2. The molecule has 0 heterocycles. The summed E-state index contributed by atoms with van der Waals surface area (Å²) in [4.78, 5) is 29.3. The minimum atomic E-state index is -4.15. The molecule has 0 saturated heterocycles. The molecular weight excluding hydrogens is 562 g/mol. The number of nitrogens with zero attached hydrogens (tertiary/aromatic N) is 2. The van der Waals surface area contributed by atoms with Crippen molar-refractivity contribution < 1.29 is 22.7 Å². The third-order valence-corrected chi connectivity index (χ3v) is 9.01. The first-order valence-corrected chi connectivity index (χ1v) is 15.4. The maximum atomic E-state index is 14.4. The van der Waals surface area contributed by atoms with Crippen molar-refractivity contribution in [3.8, 4) is 5.75 Å². The van der Waals surface area contributed by atoms with Crippen LogP contribution in [0.5, 0.6) is 5.75 Å². The number of amides is 2. The second kappa shape index (κ2) is 14.0. The molecule has 43 heavy (non-hydrogen) atoms. The van der Waals surface area contributed by atoms with Crippen molar-refractivity contribution in [2.75, 3.05) is 25.0 Å². The molecule has 0 radical (unpaired) electrons. The summed E-state index contributed by atoms with van der Waals surface area (Å²) in [5.74, 6) is -0.274. The first kappa shape index (κ1) is 31.3. The average Bonchev–Trinajstić information content (AvgIpc) is 3.02. The number of ether oxygens (including phenoxy) is 1. The fourth-order valence-corrected chi connectivity index (χ4v) is 6.51. The van der Waals surface area contributed by atoms with E-state index in [1.54, 1.807) is 43.5 Å². The highest BCUT2D eigenvalue weighted by Gasteiger charge is 2.34. The second-order valence-electron chi connectivity index (χ2n) is 10.3. The quantitative estimate of drug-likeness (QED) is 0.250. The number of rotatable bonds is 12. The summed E-state index contributed by atoms with van der Waals surface area (Å²) in [7, 11) is -1.07. The summed E-state index contributed by atoms with van der Waals surface area (Å²) in [5.41, 5.74) is 3.66. The monoisotopic (exact) mass is 599 g/mol. The smallest absolute Gasteiger partial charge is 0.264 e. The molecule has 1 N–H and O–H groups in total. The number of nitrogens with one attached hydrogen (secondary N) is 1. The minimum Gasteiger partial charge on any atom is -0.497 e. The van der Waals surface area contributed by atoms with Crippen molar-refractivity contribution >= 4 is 27.5 Å². The standard InChI is InChI=1S/C34H37N3O5S/c1-25-18-19-31(26(2)20-25)37(43(40,41)30-16-9-6-10-17-30)24-33(38)36(23-28-14-11-15-29(21-28)42-4)32(34(39)35-3)22-27-12-7-5-8-13-27/h5-21,32H,22-24H2,1-4H3,(H,35,39). The van der Waals surface area contributed by atoms with E-state index >= 15 is 0 Å². The third-order valence-electron chi connectivity index (χ3n) is 7.24. The van der Waals surface area contributed by atoms with E-state index in [1.807, 2.05) is 68.4 Å². The number of likely N-dealkylation sites (N-methyl/N-ethyl adjacent to an activating group) is 1. The van der Waals surface area contributed by atoms with Crippen LogP contribution in [0.4, 0.5) is 5.69 Å². The van der Waals surface area contributed by atoms with Crippen LogP contribution < -0.4 is 14.4 Å². The van der Waals surface area contributed by atoms with E-state index < -0.39 is 28.5 Å². The summed E-state index contributed by atoms with van der Waals surface area (Å²) >= 11 is 0. The molecule has 0 aromatic heterocycles. The lowest BCUT2D eigenvalue weighted by molar-refractivity contribution is -0.139. The van der Waals surface area contributed by atoms with Crippen LogP contribution in [0.1, 0.15) is 22.3 Å². The Kier molecular flexibility index (Phi) is 10.2. The Hall–Kier alpha value is -4.63. The highest BCUT2D eigenvalue weighted by Crippen LogP contribution is 2.28. The van der Waals surface area contributed by atoms with Crippen LogP contribution in [-0.2, 0) is 32.6 Å². The van der Waals surface area contributed by atoms with Crippen LogP contribution in [0, 0.1) is 13.8 Å². The zero-order valence-corrected chi connectivity index (χ0v) is 25.7. The van der Waals surface area contributed by atoms with Crippen LogP contribution in [0.2, 0.25) is 0 Å². The summed E-state index contributed by atoms with van der Waals surface area (Å²) in [6.45, 7) is 3.29. The van der Waals surface area contributed by atoms with Crippen LogP contribution in [0.3, 0.4) is 0 Å². The van der Waals surface area contributed by atoms with Gasteiger partial charge in [-0.15, -0.1) is 0 Å². The van der Waals surface area contributed by atoms with Crippen molar-refractivity contribution in [3.05, 3.63) is 125 Å². The molecule has 0 aliphatic rings. The zero-order chi connectivity index (χ0) is 31.0. The molecule has 9 heteroatoms. The lowest BCUT2D eigenvalue weighted by atomic mass is 10.0. The van der Waals surface area contributed by atoms with Crippen molar-refractivity contribution in [2.24, 2.45) is 0 Å². The molecule has 0 aliphatic heterocycles. The molecular formula is C34H37N3O5S. The fraction of sp³-hybridized carbons (Fsp3) is 0.235. The summed E-state index contributed by atoms with van der Waals surface area (Å²) in [5, 5.41) is 2.70. The molecule has 4 aromatic carbocycles. The van der Waals surface area contributed by atoms with Crippen LogP contribution in [0.25, 0.3) is 0 Å². The van der Waals surface area contributed by atoms with Gasteiger partial charge in [0.15, 0.2) is 0 Å². The molecule has 4 aromatic rings.